The summed E-state index contributed by atoms with van der Waals surface area (Å²) >= 11 is 0. The molecule has 246 valence electrons. The van der Waals surface area contributed by atoms with Crippen LogP contribution in [0, 0.1) is 0 Å². The van der Waals surface area contributed by atoms with E-state index < -0.39 is 17.6 Å². The molecule has 1 amide bonds. The molecule has 1 aliphatic heterocycles. The first-order valence-electron chi connectivity index (χ1n) is 15.5. The Kier molecular flexibility index (Phi) is 11.3. The number of nitrogens with one attached hydrogen (secondary N) is 1. The van der Waals surface area contributed by atoms with E-state index in [1.165, 1.54) is 0 Å². The summed E-state index contributed by atoms with van der Waals surface area (Å²) in [5.74, 6) is 1.67. The van der Waals surface area contributed by atoms with Crippen molar-refractivity contribution in [1.29, 1.82) is 0 Å². The molecule has 0 spiro atoms. The van der Waals surface area contributed by atoms with Crippen molar-refractivity contribution in [1.82, 2.24) is 5.32 Å². The summed E-state index contributed by atoms with van der Waals surface area (Å²) in [6, 6.07) is 29.3. The summed E-state index contributed by atoms with van der Waals surface area (Å²) in [4.78, 5) is 22.7. The SMILES string of the molecule is COc1ccc(CNC(=O)[C@]2(C/C=C/c3ccccc3)N=C(c3ccc(OCCCO)cc3)O[C@@H]2c2ccccc2N=[N+]=[N-])c(OC)c1. The fourth-order valence-electron chi connectivity index (χ4n) is 5.41. The van der Waals surface area contributed by atoms with Gasteiger partial charge in [0.15, 0.2) is 11.6 Å². The molecule has 0 unspecified atom stereocenters. The van der Waals surface area contributed by atoms with Gasteiger partial charge in [0.25, 0.3) is 5.91 Å². The average Bonchev–Trinajstić information content (AvgIpc) is 3.52. The zero-order valence-electron chi connectivity index (χ0n) is 26.8. The van der Waals surface area contributed by atoms with Gasteiger partial charge in [-0.15, -0.1) is 0 Å². The minimum atomic E-state index is -1.50. The lowest BCUT2D eigenvalue weighted by atomic mass is 9.83. The zero-order valence-corrected chi connectivity index (χ0v) is 26.8. The van der Waals surface area contributed by atoms with Crippen molar-refractivity contribution in [3.63, 3.8) is 0 Å². The van der Waals surface area contributed by atoms with Crippen LogP contribution in [0.2, 0.25) is 0 Å². The quantitative estimate of drug-likeness (QED) is 0.0610. The minimum Gasteiger partial charge on any atom is -0.497 e. The largest absolute Gasteiger partial charge is 0.497 e. The Labute approximate surface area is 279 Å². The molecule has 0 bridgehead atoms. The molecule has 5 rings (SSSR count). The maximum atomic E-state index is 14.6. The van der Waals surface area contributed by atoms with Crippen molar-refractivity contribution >= 4 is 23.6 Å². The van der Waals surface area contributed by atoms with Gasteiger partial charge in [0.1, 0.15) is 17.2 Å². The monoisotopic (exact) mass is 647 g/mol. The Bertz CT molecular complexity index is 1800. The molecule has 1 heterocycles. The van der Waals surface area contributed by atoms with E-state index >= 15 is 0 Å². The summed E-state index contributed by atoms with van der Waals surface area (Å²) in [7, 11) is 3.13. The first kappa shape index (κ1) is 33.6. The van der Waals surface area contributed by atoms with Crippen molar-refractivity contribution in [2.45, 2.75) is 31.0 Å². The standard InChI is InChI=1S/C37H37N5O6/c1-45-30-20-17-28(33(24-30)46-2)25-39-36(44)37(21-8-12-26-10-4-3-5-11-26)34(31-13-6-7-14-32(31)41-42-38)48-35(40-37)27-15-18-29(19-16-27)47-23-9-22-43/h3-8,10-20,24,34,43H,9,21-23,25H2,1-2H3,(H,39,44)/b12-8+/t34-,37-/m1/s1. The summed E-state index contributed by atoms with van der Waals surface area (Å²) in [5.41, 5.74) is 11.1. The third kappa shape index (κ3) is 7.78. The second kappa shape index (κ2) is 16.2. The number of aliphatic imine (C=N–C) groups is 1. The van der Waals surface area contributed by atoms with Gasteiger partial charge in [-0.3, -0.25) is 4.79 Å². The molecule has 4 aromatic rings. The molecule has 11 nitrogen and oxygen atoms in total. The van der Waals surface area contributed by atoms with Crippen LogP contribution in [-0.2, 0) is 16.1 Å². The number of rotatable bonds is 15. The smallest absolute Gasteiger partial charge is 0.252 e. The lowest BCUT2D eigenvalue weighted by molar-refractivity contribution is -0.129. The Morgan fingerprint density at radius 3 is 2.50 bits per heavy atom. The van der Waals surface area contributed by atoms with Crippen LogP contribution in [0.3, 0.4) is 0 Å². The van der Waals surface area contributed by atoms with E-state index in [4.69, 9.17) is 29.0 Å². The van der Waals surface area contributed by atoms with E-state index in [9.17, 15) is 10.3 Å². The first-order valence-corrected chi connectivity index (χ1v) is 15.5. The van der Waals surface area contributed by atoms with E-state index in [-0.39, 0.29) is 25.5 Å². The van der Waals surface area contributed by atoms with E-state index in [2.05, 4.69) is 15.3 Å². The van der Waals surface area contributed by atoms with Crippen LogP contribution in [-0.4, -0.2) is 49.9 Å². The van der Waals surface area contributed by atoms with Gasteiger partial charge in [0.2, 0.25) is 5.90 Å². The van der Waals surface area contributed by atoms with E-state index in [1.54, 1.807) is 74.9 Å². The fourth-order valence-corrected chi connectivity index (χ4v) is 5.41. The number of methoxy groups -OCH3 is 2. The van der Waals surface area contributed by atoms with Crippen molar-refractivity contribution < 1.29 is 28.8 Å². The van der Waals surface area contributed by atoms with Gasteiger partial charge >= 0.3 is 0 Å². The Balaban J connectivity index is 1.58. The van der Waals surface area contributed by atoms with Gasteiger partial charge in [0, 0.05) is 59.3 Å². The second-order valence-corrected chi connectivity index (χ2v) is 10.9. The number of hydrogen-bond donors (Lipinski definition) is 2. The normalized spacial score (nSPS) is 16.8. The molecule has 2 atom stereocenters. The van der Waals surface area contributed by atoms with Crippen molar-refractivity contribution in [3.8, 4) is 17.2 Å². The number of aliphatic hydroxyl groups excluding tert-OH is 1. The number of benzene rings is 4. The maximum Gasteiger partial charge on any atom is 0.252 e. The summed E-state index contributed by atoms with van der Waals surface area (Å²) < 4.78 is 23.2. The molecule has 0 saturated heterocycles. The molecular weight excluding hydrogens is 610 g/mol. The molecule has 0 aliphatic carbocycles. The average molecular weight is 648 g/mol. The number of azide groups is 1. The van der Waals surface area contributed by atoms with Crippen LogP contribution in [0.4, 0.5) is 5.69 Å². The van der Waals surface area contributed by atoms with Gasteiger partial charge < -0.3 is 29.4 Å². The Morgan fingerprint density at radius 1 is 1.02 bits per heavy atom. The van der Waals surface area contributed by atoms with E-state index in [1.807, 2.05) is 48.6 Å². The molecule has 0 radical (unpaired) electrons. The summed E-state index contributed by atoms with van der Waals surface area (Å²) in [6.45, 7) is 0.558. The number of aliphatic hydroxyl groups is 1. The van der Waals surface area contributed by atoms with Gasteiger partial charge in [-0.05, 0) is 47.5 Å². The van der Waals surface area contributed by atoms with Gasteiger partial charge in [-0.25, -0.2) is 4.99 Å². The van der Waals surface area contributed by atoms with Crippen LogP contribution in [0.1, 0.15) is 41.2 Å². The third-order valence-corrected chi connectivity index (χ3v) is 7.87. The Hall–Kier alpha value is -5.77. The maximum absolute atomic E-state index is 14.6. The topological polar surface area (TPSA) is 147 Å². The van der Waals surface area contributed by atoms with Crippen LogP contribution in [0.5, 0.6) is 17.2 Å². The molecule has 0 saturated carbocycles. The van der Waals surface area contributed by atoms with Crippen LogP contribution < -0.4 is 19.5 Å². The number of carbonyl (C=O) groups excluding carboxylic acids is 1. The molecule has 11 heteroatoms. The zero-order chi connectivity index (χ0) is 33.8. The van der Waals surface area contributed by atoms with Gasteiger partial charge in [-0.1, -0.05) is 71.9 Å². The summed E-state index contributed by atoms with van der Waals surface area (Å²) in [5, 5.41) is 16.1. The predicted molar refractivity (Wildman–Crippen MR) is 183 cm³/mol. The van der Waals surface area contributed by atoms with E-state index in [0.29, 0.717) is 47.1 Å². The number of carbonyl (C=O) groups is 1. The first-order chi connectivity index (χ1) is 23.5. The van der Waals surface area contributed by atoms with Crippen LogP contribution in [0.15, 0.2) is 113 Å². The molecule has 2 N–H and O–H groups in total. The van der Waals surface area contributed by atoms with Crippen LogP contribution in [0.25, 0.3) is 16.5 Å². The highest BCUT2D eigenvalue weighted by Gasteiger charge is 2.53. The van der Waals surface area contributed by atoms with Gasteiger partial charge in [-0.2, -0.15) is 0 Å². The summed E-state index contributed by atoms with van der Waals surface area (Å²) in [6.07, 6.45) is 3.56. The number of amides is 1. The minimum absolute atomic E-state index is 0.0373. The highest BCUT2D eigenvalue weighted by molar-refractivity contribution is 6.01. The Morgan fingerprint density at radius 2 is 1.77 bits per heavy atom. The highest BCUT2D eigenvalue weighted by Crippen LogP contribution is 2.46. The molecule has 0 fully saturated rings. The predicted octanol–water partition coefficient (Wildman–Crippen LogP) is 7.08. The number of hydrogen-bond acceptors (Lipinski definition) is 8. The second-order valence-electron chi connectivity index (χ2n) is 10.9. The van der Waals surface area contributed by atoms with Crippen molar-refractivity contribution in [2.75, 3.05) is 27.4 Å². The highest BCUT2D eigenvalue weighted by atomic mass is 16.5. The molecule has 4 aromatic carbocycles. The van der Waals surface area contributed by atoms with E-state index in [0.717, 1.165) is 11.1 Å². The lowest BCUT2D eigenvalue weighted by Crippen LogP contribution is -2.47. The lowest BCUT2D eigenvalue weighted by Gasteiger charge is -2.30. The number of nitrogens with zero attached hydrogens (tertiary/aromatic N) is 4. The molecule has 48 heavy (non-hydrogen) atoms. The third-order valence-electron chi connectivity index (χ3n) is 7.87. The van der Waals surface area contributed by atoms with Crippen molar-refractivity contribution in [3.05, 3.63) is 136 Å². The fraction of sp³-hybridized carbons (Fsp3) is 0.243. The number of ether oxygens (including phenoxy) is 4. The molecule has 0 aromatic heterocycles. The van der Waals surface area contributed by atoms with Gasteiger partial charge in [0.05, 0.1) is 20.8 Å². The van der Waals surface area contributed by atoms with Crippen molar-refractivity contribution in [2.24, 2.45) is 10.1 Å². The van der Waals surface area contributed by atoms with Crippen LogP contribution >= 0.6 is 0 Å². The molecule has 1 aliphatic rings. The molecular formula is C37H37N5O6.